The van der Waals surface area contributed by atoms with Gasteiger partial charge in [-0.15, -0.1) is 0 Å². The first-order chi connectivity index (χ1) is 17.9. The molecule has 0 aliphatic carbocycles. The summed E-state index contributed by atoms with van der Waals surface area (Å²) in [6.45, 7) is 9.17. The Kier molecular flexibility index (Phi) is 9.14. The van der Waals surface area contributed by atoms with Crippen LogP contribution in [-0.2, 0) is 6.42 Å². The molecule has 37 heavy (non-hydrogen) atoms. The average molecular weight is 509 g/mol. The molecule has 1 aromatic carbocycles. The Balaban J connectivity index is 1.74. The lowest BCUT2D eigenvalue weighted by atomic mass is 9.94. The van der Waals surface area contributed by atoms with E-state index in [1.54, 1.807) is 13.1 Å². The number of amides is 1. The Labute approximate surface area is 220 Å². The largest absolute Gasteiger partial charge is 0.377 e. The molecule has 200 valence electrons. The molecule has 0 spiro atoms. The van der Waals surface area contributed by atoms with Gasteiger partial charge < -0.3 is 20.0 Å². The molecule has 0 radical (unpaired) electrons. The normalized spacial score (nSPS) is 28.0. The number of aliphatic imine (C=N–C) groups is 2. The zero-order valence-electron chi connectivity index (χ0n) is 22.8. The average Bonchev–Trinajstić information content (AvgIpc) is 2.85. The van der Waals surface area contributed by atoms with Crippen molar-refractivity contribution in [1.29, 1.82) is 0 Å². The molecular formula is C29H41FN6O. The molecule has 3 heterocycles. The number of carbonyl (C=O) groups excluding carboxylic acids is 1. The second-order valence-electron chi connectivity index (χ2n) is 10.3. The fourth-order valence-electron chi connectivity index (χ4n) is 5.15. The third-order valence-corrected chi connectivity index (χ3v) is 7.63. The van der Waals surface area contributed by atoms with Crippen molar-refractivity contribution in [3.8, 4) is 0 Å². The summed E-state index contributed by atoms with van der Waals surface area (Å²) in [5.74, 6) is 0.470. The van der Waals surface area contributed by atoms with Gasteiger partial charge in [0.25, 0.3) is 5.91 Å². The van der Waals surface area contributed by atoms with E-state index in [9.17, 15) is 9.18 Å². The fraction of sp³-hybridized carbons (Fsp3) is 0.552. The molecule has 1 atom stereocenters. The van der Waals surface area contributed by atoms with E-state index in [0.717, 1.165) is 80.5 Å². The standard InChI is InChI=1S/C29H41FN6O/c1-21-18-26(31-3)27-8-5-6-16-36(27)29(37)25-20-24(30)10-9-23(25)11-12-32-13-17-34(4)22(2)19-28(33-21)35-14-7-15-35/h9-10,18-20,27,32H,5-8,11-17H2,1-4H3/b21-18+,22-19+,31-26?,33-28+. The molecule has 0 saturated carbocycles. The lowest BCUT2D eigenvalue weighted by Gasteiger charge is -2.36. The van der Waals surface area contributed by atoms with Crippen LogP contribution in [0.4, 0.5) is 4.39 Å². The molecule has 0 bridgehead atoms. The number of amidine groups is 1. The van der Waals surface area contributed by atoms with Crippen molar-refractivity contribution in [3.63, 3.8) is 0 Å². The quantitative estimate of drug-likeness (QED) is 0.578. The van der Waals surface area contributed by atoms with Crippen LogP contribution in [0.1, 0.15) is 55.5 Å². The first-order valence-corrected chi connectivity index (χ1v) is 13.6. The van der Waals surface area contributed by atoms with Crippen molar-refractivity contribution < 1.29 is 9.18 Å². The van der Waals surface area contributed by atoms with Crippen LogP contribution in [-0.4, -0.2) is 91.6 Å². The summed E-state index contributed by atoms with van der Waals surface area (Å²) in [6, 6.07) is 4.45. The Bertz CT molecular complexity index is 1100. The lowest BCUT2D eigenvalue weighted by Crippen LogP contribution is -2.48. The second kappa shape index (κ2) is 12.5. The van der Waals surface area contributed by atoms with Gasteiger partial charge >= 0.3 is 0 Å². The summed E-state index contributed by atoms with van der Waals surface area (Å²) in [5, 5.41) is 3.49. The zero-order valence-corrected chi connectivity index (χ0v) is 22.8. The number of carbonyl (C=O) groups is 1. The van der Waals surface area contributed by atoms with Crippen molar-refractivity contribution in [1.82, 2.24) is 20.0 Å². The number of halogens is 1. The minimum atomic E-state index is -0.382. The molecule has 3 aliphatic rings. The molecule has 1 N–H and O–H groups in total. The number of fused-ring (bicyclic) bond motifs is 2. The number of likely N-dealkylation sites (tertiary alicyclic amines) is 1. The lowest BCUT2D eigenvalue weighted by molar-refractivity contribution is 0.0679. The molecule has 4 rings (SSSR count). The molecule has 1 aromatic rings. The topological polar surface area (TPSA) is 63.5 Å². The molecule has 7 nitrogen and oxygen atoms in total. The van der Waals surface area contributed by atoms with Crippen molar-refractivity contribution in [2.45, 2.75) is 52.0 Å². The molecule has 8 heteroatoms. The van der Waals surface area contributed by atoms with Crippen molar-refractivity contribution in [2.24, 2.45) is 9.98 Å². The number of benzene rings is 1. The van der Waals surface area contributed by atoms with Gasteiger partial charge in [-0.05, 0) is 82.3 Å². The Morgan fingerprint density at radius 3 is 2.59 bits per heavy atom. The van der Waals surface area contributed by atoms with Gasteiger partial charge in [0.05, 0.1) is 11.8 Å². The van der Waals surface area contributed by atoms with E-state index in [1.807, 2.05) is 17.9 Å². The summed E-state index contributed by atoms with van der Waals surface area (Å²) in [4.78, 5) is 29.9. The first kappa shape index (κ1) is 27.0. The number of rotatable bonds is 0. The summed E-state index contributed by atoms with van der Waals surface area (Å²) in [6.07, 6.45) is 8.82. The predicted octanol–water partition coefficient (Wildman–Crippen LogP) is 3.88. The minimum absolute atomic E-state index is 0.115. The van der Waals surface area contributed by atoms with E-state index in [4.69, 9.17) is 4.99 Å². The molecule has 2 fully saturated rings. The first-order valence-electron chi connectivity index (χ1n) is 13.6. The van der Waals surface area contributed by atoms with Crippen LogP contribution in [0, 0.1) is 5.82 Å². The van der Waals surface area contributed by atoms with E-state index >= 15 is 0 Å². The van der Waals surface area contributed by atoms with Gasteiger partial charge in [0.2, 0.25) is 0 Å². The summed E-state index contributed by atoms with van der Waals surface area (Å²) >= 11 is 0. The Morgan fingerprint density at radius 2 is 1.86 bits per heavy atom. The number of piperidine rings is 1. The third-order valence-electron chi connectivity index (χ3n) is 7.63. The van der Waals surface area contributed by atoms with Gasteiger partial charge in [-0.25, -0.2) is 9.38 Å². The highest BCUT2D eigenvalue weighted by Crippen LogP contribution is 2.24. The number of likely N-dealkylation sites (N-methyl/N-ethyl adjacent to an activating group) is 1. The van der Waals surface area contributed by atoms with Crippen molar-refractivity contribution in [3.05, 3.63) is 58.7 Å². The predicted molar refractivity (Wildman–Crippen MR) is 149 cm³/mol. The summed E-state index contributed by atoms with van der Waals surface area (Å²) in [7, 11) is 3.87. The minimum Gasteiger partial charge on any atom is -0.377 e. The zero-order chi connectivity index (χ0) is 26.4. The highest BCUT2D eigenvalue weighted by molar-refractivity contribution is 6.05. The fourth-order valence-corrected chi connectivity index (χ4v) is 5.15. The van der Waals surface area contributed by atoms with E-state index in [0.29, 0.717) is 18.5 Å². The smallest absolute Gasteiger partial charge is 0.254 e. The van der Waals surface area contributed by atoms with Gasteiger partial charge in [-0.2, -0.15) is 0 Å². The number of hydrogen-bond acceptors (Lipinski definition) is 6. The highest BCUT2D eigenvalue weighted by atomic mass is 19.1. The molecule has 3 aliphatic heterocycles. The maximum absolute atomic E-state index is 14.3. The van der Waals surface area contributed by atoms with Crippen LogP contribution >= 0.6 is 0 Å². The molecule has 1 amide bonds. The van der Waals surface area contributed by atoms with Gasteiger partial charge in [0.15, 0.2) is 0 Å². The SMILES string of the molecule is CN=C1/C=C(C)/N=C(N2CCC2)\C=C(/C)N(C)CCNCCc2ccc(F)cc2C(=O)N2CCCCC12. The summed E-state index contributed by atoms with van der Waals surface area (Å²) < 4.78 is 14.3. The molecular weight excluding hydrogens is 467 g/mol. The van der Waals surface area contributed by atoms with Gasteiger partial charge in [-0.1, -0.05) is 6.07 Å². The second-order valence-corrected chi connectivity index (χ2v) is 10.3. The monoisotopic (exact) mass is 508 g/mol. The van der Waals surface area contributed by atoms with Crippen LogP contribution in [0.25, 0.3) is 0 Å². The van der Waals surface area contributed by atoms with E-state index in [1.165, 1.54) is 18.6 Å². The van der Waals surface area contributed by atoms with Gasteiger partial charge in [0, 0.05) is 63.8 Å². The van der Waals surface area contributed by atoms with Crippen LogP contribution < -0.4 is 5.32 Å². The third kappa shape index (κ3) is 6.66. The summed E-state index contributed by atoms with van der Waals surface area (Å²) in [5.41, 5.74) is 4.20. The van der Waals surface area contributed by atoms with Gasteiger partial charge in [-0.3, -0.25) is 9.79 Å². The van der Waals surface area contributed by atoms with Crippen LogP contribution in [0.2, 0.25) is 0 Å². The van der Waals surface area contributed by atoms with E-state index in [-0.39, 0.29) is 17.8 Å². The molecule has 1 unspecified atom stereocenters. The Hall–Kier alpha value is -3.00. The number of nitrogens with zero attached hydrogens (tertiary/aromatic N) is 5. The number of allylic oxidation sites excluding steroid dienone is 2. The van der Waals surface area contributed by atoms with Crippen LogP contribution in [0.15, 0.2) is 51.7 Å². The van der Waals surface area contributed by atoms with Gasteiger partial charge in [0.1, 0.15) is 11.7 Å². The molecule has 0 aromatic heterocycles. The van der Waals surface area contributed by atoms with Crippen molar-refractivity contribution >= 4 is 17.5 Å². The number of hydrogen-bond donors (Lipinski definition) is 1. The maximum atomic E-state index is 14.3. The molecule has 2 saturated heterocycles. The van der Waals surface area contributed by atoms with Crippen LogP contribution in [0.3, 0.4) is 0 Å². The van der Waals surface area contributed by atoms with Crippen LogP contribution in [0.5, 0.6) is 0 Å². The van der Waals surface area contributed by atoms with E-state index in [2.05, 4.69) is 40.2 Å². The maximum Gasteiger partial charge on any atom is 0.254 e. The number of nitrogens with one attached hydrogen (secondary N) is 1. The van der Waals surface area contributed by atoms with Crippen molar-refractivity contribution in [2.75, 3.05) is 53.4 Å². The highest BCUT2D eigenvalue weighted by Gasteiger charge is 2.31. The van der Waals surface area contributed by atoms with E-state index < -0.39 is 0 Å². The Morgan fingerprint density at radius 1 is 1.05 bits per heavy atom.